The molecule has 150 valence electrons. The Morgan fingerprint density at radius 2 is 1.78 bits per heavy atom. The lowest BCUT2D eigenvalue weighted by molar-refractivity contribution is 0.0390. The number of nitrogens with zero attached hydrogens (tertiary/aromatic N) is 2. The number of hydrogen-bond acceptors (Lipinski definition) is 3. The molecular formula is C21H32N2O3S. The molecule has 0 radical (unpaired) electrons. The average molecular weight is 393 g/mol. The highest BCUT2D eigenvalue weighted by molar-refractivity contribution is 7.89. The zero-order chi connectivity index (χ0) is 19.6. The summed E-state index contributed by atoms with van der Waals surface area (Å²) in [5.41, 5.74) is 1.19. The van der Waals surface area contributed by atoms with Gasteiger partial charge in [0.05, 0.1) is 4.90 Å². The van der Waals surface area contributed by atoms with Crippen LogP contribution in [-0.4, -0.2) is 49.2 Å². The second-order valence-electron chi connectivity index (χ2n) is 7.82. The first-order chi connectivity index (χ1) is 12.9. The topological polar surface area (TPSA) is 57.7 Å². The highest BCUT2D eigenvalue weighted by Gasteiger charge is 2.36. The lowest BCUT2D eigenvalue weighted by Gasteiger charge is -2.44. The summed E-state index contributed by atoms with van der Waals surface area (Å²) in [4.78, 5) is 15.5. The Kier molecular flexibility index (Phi) is 6.26. The molecule has 27 heavy (non-hydrogen) atoms. The molecule has 0 bridgehead atoms. The number of carbonyl (C=O) groups is 1. The van der Waals surface area contributed by atoms with Gasteiger partial charge in [-0.05, 0) is 56.2 Å². The van der Waals surface area contributed by atoms with Crippen LogP contribution in [0.5, 0.6) is 0 Å². The number of carbonyl (C=O) groups excluding carboxylic acids is 1. The maximum atomic E-state index is 13.3. The summed E-state index contributed by atoms with van der Waals surface area (Å²) in [6.07, 6.45) is 6.99. The van der Waals surface area contributed by atoms with E-state index in [-0.39, 0.29) is 10.8 Å². The first-order valence-corrected chi connectivity index (χ1v) is 11.8. The van der Waals surface area contributed by atoms with Gasteiger partial charge in [0.1, 0.15) is 0 Å². The van der Waals surface area contributed by atoms with E-state index in [0.717, 1.165) is 19.4 Å². The van der Waals surface area contributed by atoms with Gasteiger partial charge in [-0.1, -0.05) is 32.8 Å². The van der Waals surface area contributed by atoms with E-state index in [4.69, 9.17) is 0 Å². The molecule has 1 heterocycles. The van der Waals surface area contributed by atoms with Gasteiger partial charge in [0.25, 0.3) is 5.91 Å². The van der Waals surface area contributed by atoms with Crippen LogP contribution in [-0.2, 0) is 10.0 Å². The van der Waals surface area contributed by atoms with Crippen LogP contribution in [0.2, 0.25) is 0 Å². The molecular weight excluding hydrogens is 360 g/mol. The van der Waals surface area contributed by atoms with Crippen molar-refractivity contribution in [1.29, 1.82) is 0 Å². The van der Waals surface area contributed by atoms with Crippen molar-refractivity contribution in [3.8, 4) is 0 Å². The predicted octanol–water partition coefficient (Wildman–Crippen LogP) is 3.82. The third-order valence-corrected chi connectivity index (χ3v) is 8.45. The predicted molar refractivity (Wildman–Crippen MR) is 107 cm³/mol. The fraction of sp³-hybridized carbons (Fsp3) is 0.667. The molecule has 1 aromatic carbocycles. The molecule has 0 N–H and O–H groups in total. The molecule has 2 aliphatic rings. The molecule has 2 unspecified atom stereocenters. The zero-order valence-electron chi connectivity index (χ0n) is 16.8. The van der Waals surface area contributed by atoms with E-state index in [1.54, 1.807) is 25.1 Å². The molecule has 3 rings (SSSR count). The standard InChI is InChI=1S/C21H32N2O3S/c1-4-22(5-2)27(25,26)20-15-18(13-12-16(20)3)21(24)23-14-8-10-17-9-6-7-11-19(17)23/h12-13,15,17,19H,4-11,14H2,1-3H3. The van der Waals surface area contributed by atoms with Gasteiger partial charge in [0, 0.05) is 31.2 Å². The van der Waals surface area contributed by atoms with E-state index in [1.165, 1.54) is 30.0 Å². The Bertz CT molecular complexity index is 785. The molecule has 0 spiro atoms. The van der Waals surface area contributed by atoms with Gasteiger partial charge in [-0.2, -0.15) is 4.31 Å². The normalized spacial score (nSPS) is 23.3. The smallest absolute Gasteiger partial charge is 0.254 e. The number of likely N-dealkylation sites (tertiary alicyclic amines) is 1. The average Bonchev–Trinajstić information content (AvgIpc) is 2.68. The Labute approximate surface area is 163 Å². The van der Waals surface area contributed by atoms with Crippen LogP contribution in [0.1, 0.15) is 68.3 Å². The van der Waals surface area contributed by atoms with Crippen molar-refractivity contribution in [2.75, 3.05) is 19.6 Å². The van der Waals surface area contributed by atoms with E-state index in [1.807, 2.05) is 18.7 Å². The summed E-state index contributed by atoms with van der Waals surface area (Å²) in [7, 11) is -3.58. The number of amides is 1. The van der Waals surface area contributed by atoms with E-state index in [2.05, 4.69) is 0 Å². The number of aryl methyl sites for hydroxylation is 1. The van der Waals surface area contributed by atoms with Crippen molar-refractivity contribution in [2.24, 2.45) is 5.92 Å². The second-order valence-corrected chi connectivity index (χ2v) is 9.73. The number of benzene rings is 1. The number of hydrogen-bond donors (Lipinski definition) is 0. The SMILES string of the molecule is CCN(CC)S(=O)(=O)c1cc(C(=O)N2CCCC3CCCCC32)ccc1C. The third kappa shape index (κ3) is 3.92. The Balaban J connectivity index is 1.92. The van der Waals surface area contributed by atoms with E-state index < -0.39 is 10.0 Å². The van der Waals surface area contributed by atoms with Gasteiger partial charge in [0.15, 0.2) is 0 Å². The van der Waals surface area contributed by atoms with Gasteiger partial charge in [0.2, 0.25) is 10.0 Å². The molecule has 2 atom stereocenters. The Morgan fingerprint density at radius 1 is 1.11 bits per heavy atom. The minimum atomic E-state index is -3.58. The molecule has 1 saturated heterocycles. The molecule has 6 heteroatoms. The number of piperidine rings is 1. The molecule has 1 saturated carbocycles. The van der Waals surface area contributed by atoms with Crippen LogP contribution >= 0.6 is 0 Å². The maximum absolute atomic E-state index is 13.3. The van der Waals surface area contributed by atoms with Crippen LogP contribution < -0.4 is 0 Å². The lowest BCUT2D eigenvalue weighted by Crippen LogP contribution is -2.49. The Morgan fingerprint density at radius 3 is 2.48 bits per heavy atom. The minimum Gasteiger partial charge on any atom is -0.335 e. The summed E-state index contributed by atoms with van der Waals surface area (Å²) in [6.45, 7) is 7.10. The van der Waals surface area contributed by atoms with Crippen LogP contribution in [0.25, 0.3) is 0 Å². The highest BCUT2D eigenvalue weighted by Crippen LogP contribution is 2.36. The third-order valence-electron chi connectivity index (χ3n) is 6.26. The van der Waals surface area contributed by atoms with Crippen molar-refractivity contribution in [2.45, 2.75) is 70.2 Å². The minimum absolute atomic E-state index is 0.0115. The summed E-state index contributed by atoms with van der Waals surface area (Å²) in [5.74, 6) is 0.600. The largest absolute Gasteiger partial charge is 0.335 e. The van der Waals surface area contributed by atoms with Gasteiger partial charge < -0.3 is 4.90 Å². The summed E-state index contributed by atoms with van der Waals surface area (Å²) in [5, 5.41) is 0. The molecule has 2 fully saturated rings. The monoisotopic (exact) mass is 392 g/mol. The van der Waals surface area contributed by atoms with Crippen molar-refractivity contribution >= 4 is 15.9 Å². The molecule has 5 nitrogen and oxygen atoms in total. The van der Waals surface area contributed by atoms with Gasteiger partial charge >= 0.3 is 0 Å². The van der Waals surface area contributed by atoms with E-state index >= 15 is 0 Å². The zero-order valence-corrected chi connectivity index (χ0v) is 17.6. The van der Waals surface area contributed by atoms with Gasteiger partial charge in [-0.3, -0.25) is 4.79 Å². The fourth-order valence-electron chi connectivity index (χ4n) is 4.76. The number of rotatable bonds is 5. The molecule has 1 aliphatic carbocycles. The molecule has 1 aliphatic heterocycles. The molecule has 1 amide bonds. The lowest BCUT2D eigenvalue weighted by atomic mass is 9.78. The maximum Gasteiger partial charge on any atom is 0.254 e. The fourth-order valence-corrected chi connectivity index (χ4v) is 6.47. The van der Waals surface area contributed by atoms with E-state index in [0.29, 0.717) is 36.2 Å². The van der Waals surface area contributed by atoms with Crippen LogP contribution in [0.4, 0.5) is 0 Å². The number of sulfonamides is 1. The number of fused-ring (bicyclic) bond motifs is 1. The first-order valence-electron chi connectivity index (χ1n) is 10.3. The van der Waals surface area contributed by atoms with Crippen LogP contribution in [0.3, 0.4) is 0 Å². The highest BCUT2D eigenvalue weighted by atomic mass is 32.2. The Hall–Kier alpha value is -1.40. The van der Waals surface area contributed by atoms with Gasteiger partial charge in [-0.25, -0.2) is 8.42 Å². The van der Waals surface area contributed by atoms with Crippen molar-refractivity contribution in [1.82, 2.24) is 9.21 Å². The summed E-state index contributed by atoms with van der Waals surface area (Å²) in [6, 6.07) is 5.47. The van der Waals surface area contributed by atoms with Crippen LogP contribution in [0, 0.1) is 12.8 Å². The second kappa shape index (κ2) is 8.31. The van der Waals surface area contributed by atoms with Crippen molar-refractivity contribution < 1.29 is 13.2 Å². The first kappa shape index (κ1) is 20.3. The molecule has 1 aromatic rings. The summed E-state index contributed by atoms with van der Waals surface area (Å²) >= 11 is 0. The van der Waals surface area contributed by atoms with Crippen molar-refractivity contribution in [3.05, 3.63) is 29.3 Å². The van der Waals surface area contributed by atoms with Crippen molar-refractivity contribution in [3.63, 3.8) is 0 Å². The van der Waals surface area contributed by atoms with Crippen LogP contribution in [0.15, 0.2) is 23.1 Å². The molecule has 0 aromatic heterocycles. The quantitative estimate of drug-likeness (QED) is 0.765. The van der Waals surface area contributed by atoms with Gasteiger partial charge in [-0.15, -0.1) is 0 Å². The summed E-state index contributed by atoms with van der Waals surface area (Å²) < 4.78 is 27.4. The van der Waals surface area contributed by atoms with E-state index in [9.17, 15) is 13.2 Å².